The molecule has 111 heavy (non-hydrogen) atoms. The van der Waals surface area contributed by atoms with Crippen molar-refractivity contribution in [3.63, 3.8) is 0 Å². The minimum atomic E-state index is -1.98. The van der Waals surface area contributed by atoms with Crippen LogP contribution in [0.15, 0.2) is 255 Å². The second-order valence-electron chi connectivity index (χ2n) is 26.4. The predicted octanol–water partition coefficient (Wildman–Crippen LogP) is 13.1. The number of benzene rings is 8. The van der Waals surface area contributed by atoms with Gasteiger partial charge in [0.05, 0.1) is 57.2 Å². The molecular formula is C87H86O24. The molecule has 3 fully saturated rings. The predicted molar refractivity (Wildman–Crippen MR) is 397 cm³/mol. The molecule has 24 nitrogen and oxygen atoms in total. The minimum absolute atomic E-state index is 0.00724. The Bertz CT molecular complexity index is 4330. The number of allylic oxidation sites excluding steroid dienone is 1. The van der Waals surface area contributed by atoms with Crippen LogP contribution in [0.3, 0.4) is 0 Å². The summed E-state index contributed by atoms with van der Waals surface area (Å²) >= 11 is 0. The number of carbonyl (C=O) groups is 9. The standard InChI is InChI=1S/C87H86O24/c1-4-5-6-7-8-9-10-35-52-97-85-74(101-57(3)88)69(111-87-76(110-84(96)65-50-33-18-34-51-65)73(108-82(94)63-46-29-16-30-47-63)71(106-80(92)61-42-25-14-26-43-61)68(104-87)55-99-78(90)59-38-21-12-22-39-59)56(2)66(102-85)53-100-86-75(109-83(95)64-48-31-17-32-49-64)72(107-81(93)62-44-27-15-28-45-62)70(105-79(91)60-40-23-13-24-41-60)67(103-86)54-98-77(89)58-36-19-11-20-37-58/h4,11-34,36-51,56,66-76,85-87H,1,5-10,35,52-55H2,2-3H3. The van der Waals surface area contributed by atoms with Gasteiger partial charge < -0.3 is 71.1 Å². The lowest BCUT2D eigenvalue weighted by atomic mass is 9.90. The molecule has 578 valence electrons. The van der Waals surface area contributed by atoms with Crippen LogP contribution >= 0.6 is 0 Å². The van der Waals surface area contributed by atoms with Gasteiger partial charge in [-0.3, -0.25) is 4.79 Å². The summed E-state index contributed by atoms with van der Waals surface area (Å²) in [6, 6.07) is 62.8. The average molecular weight is 1520 g/mol. The van der Waals surface area contributed by atoms with Crippen LogP contribution in [0.4, 0.5) is 0 Å². The molecule has 3 aliphatic rings. The van der Waals surface area contributed by atoms with Crippen LogP contribution in [0.2, 0.25) is 0 Å². The molecule has 0 aromatic heterocycles. The van der Waals surface area contributed by atoms with Crippen molar-refractivity contribution in [1.82, 2.24) is 0 Å². The highest BCUT2D eigenvalue weighted by molar-refractivity contribution is 5.94. The van der Waals surface area contributed by atoms with Gasteiger partial charge in [0.1, 0.15) is 31.5 Å². The maximum absolute atomic E-state index is 14.9. The van der Waals surface area contributed by atoms with E-state index in [0.717, 1.165) is 39.0 Å². The van der Waals surface area contributed by atoms with Gasteiger partial charge in [-0.1, -0.05) is 184 Å². The summed E-state index contributed by atoms with van der Waals surface area (Å²) in [5, 5.41) is 0. The minimum Gasteiger partial charge on any atom is -0.459 e. The Morgan fingerprint density at radius 1 is 0.306 bits per heavy atom. The molecule has 8 aromatic rings. The molecule has 0 aliphatic carbocycles. The van der Waals surface area contributed by atoms with E-state index in [1.54, 1.807) is 153 Å². The fourth-order valence-electron chi connectivity index (χ4n) is 12.8. The van der Waals surface area contributed by atoms with Gasteiger partial charge in [-0.2, -0.15) is 0 Å². The maximum atomic E-state index is 14.9. The highest BCUT2D eigenvalue weighted by atomic mass is 16.8. The molecule has 8 aromatic carbocycles. The summed E-state index contributed by atoms with van der Waals surface area (Å²) in [5.41, 5.74) is 0.448. The lowest BCUT2D eigenvalue weighted by Crippen LogP contribution is -2.66. The van der Waals surface area contributed by atoms with Crippen molar-refractivity contribution in [2.45, 2.75) is 145 Å². The van der Waals surface area contributed by atoms with Crippen LogP contribution in [-0.4, -0.2) is 166 Å². The second kappa shape index (κ2) is 40.8. The Kier molecular flexibility index (Phi) is 29.6. The van der Waals surface area contributed by atoms with E-state index in [1.165, 1.54) is 97.1 Å². The zero-order valence-electron chi connectivity index (χ0n) is 61.1. The fraction of sp³-hybridized carbons (Fsp3) is 0.322. The van der Waals surface area contributed by atoms with Gasteiger partial charge in [0.15, 0.2) is 61.6 Å². The third-order valence-electron chi connectivity index (χ3n) is 18.6. The van der Waals surface area contributed by atoms with E-state index in [2.05, 4.69) is 6.58 Å². The van der Waals surface area contributed by atoms with E-state index in [-0.39, 0.29) is 51.1 Å². The number of rotatable bonds is 34. The first kappa shape index (κ1) is 80.5. The van der Waals surface area contributed by atoms with E-state index >= 15 is 0 Å². The van der Waals surface area contributed by atoms with Crippen LogP contribution in [0.5, 0.6) is 0 Å². The summed E-state index contributed by atoms with van der Waals surface area (Å²) in [6.45, 7) is 4.60. The molecule has 11 rings (SSSR count). The third-order valence-corrected chi connectivity index (χ3v) is 18.6. The molecule has 3 heterocycles. The summed E-state index contributed by atoms with van der Waals surface area (Å²) in [5.74, 6) is -9.46. The van der Waals surface area contributed by atoms with Crippen LogP contribution in [0.25, 0.3) is 0 Å². The van der Waals surface area contributed by atoms with Crippen molar-refractivity contribution in [3.8, 4) is 0 Å². The van der Waals surface area contributed by atoms with Crippen molar-refractivity contribution < 1.29 is 114 Å². The quantitative estimate of drug-likeness (QED) is 0.0157. The third kappa shape index (κ3) is 22.4. The summed E-state index contributed by atoms with van der Waals surface area (Å²) in [7, 11) is 0. The Morgan fingerprint density at radius 2 is 0.586 bits per heavy atom. The molecule has 0 radical (unpaired) electrons. The van der Waals surface area contributed by atoms with Crippen molar-refractivity contribution in [3.05, 3.63) is 300 Å². The number of hydrogen-bond acceptors (Lipinski definition) is 24. The first-order valence-corrected chi connectivity index (χ1v) is 36.7. The van der Waals surface area contributed by atoms with E-state index in [0.29, 0.717) is 12.8 Å². The SMILES string of the molecule is C=CCCCCCCCCOC1OC(COC2OC(COC(=O)c3ccccc3)C(OC(=O)c3ccccc3)C(OC(=O)c3ccccc3)C2OC(=O)c2ccccc2)C(C)C(OC2OC(COC(=O)c3ccccc3)C(OC(=O)c3ccccc3)C(OC(=O)c3ccccc3)C2OC(=O)c2ccccc2)C1OC(C)=O. The van der Waals surface area contributed by atoms with Crippen molar-refractivity contribution in [1.29, 1.82) is 0 Å². The summed E-state index contributed by atoms with van der Waals surface area (Å²) < 4.78 is 97.7. The number of carbonyl (C=O) groups excluding carboxylic acids is 9. The van der Waals surface area contributed by atoms with E-state index in [1.807, 2.05) is 6.08 Å². The molecule has 15 atom stereocenters. The Balaban J connectivity index is 1.01. The molecule has 0 amide bonds. The molecule has 0 bridgehead atoms. The lowest BCUT2D eigenvalue weighted by molar-refractivity contribution is -0.358. The molecule has 0 N–H and O–H groups in total. The monoisotopic (exact) mass is 1510 g/mol. The molecule has 3 aliphatic heterocycles. The fourth-order valence-corrected chi connectivity index (χ4v) is 12.8. The van der Waals surface area contributed by atoms with Gasteiger partial charge in [0.25, 0.3) is 0 Å². The van der Waals surface area contributed by atoms with Gasteiger partial charge in [-0.25, -0.2) is 38.4 Å². The van der Waals surface area contributed by atoms with Crippen molar-refractivity contribution >= 4 is 53.7 Å². The molecule has 3 saturated heterocycles. The highest BCUT2D eigenvalue weighted by Crippen LogP contribution is 2.40. The van der Waals surface area contributed by atoms with E-state index in [9.17, 15) is 43.2 Å². The first-order valence-electron chi connectivity index (χ1n) is 36.7. The van der Waals surface area contributed by atoms with Crippen molar-refractivity contribution in [2.24, 2.45) is 5.92 Å². The Hall–Kier alpha value is -11.5. The highest BCUT2D eigenvalue weighted by Gasteiger charge is 2.59. The Labute approximate surface area is 642 Å². The van der Waals surface area contributed by atoms with E-state index < -0.39 is 165 Å². The van der Waals surface area contributed by atoms with Gasteiger partial charge in [0.2, 0.25) is 0 Å². The Morgan fingerprint density at radius 3 is 0.937 bits per heavy atom. The van der Waals surface area contributed by atoms with Gasteiger partial charge >= 0.3 is 53.7 Å². The smallest absolute Gasteiger partial charge is 0.338 e. The van der Waals surface area contributed by atoms with Gasteiger partial charge in [-0.05, 0) is 116 Å². The number of hydrogen-bond donors (Lipinski definition) is 0. The topological polar surface area (TPSA) is 292 Å². The second-order valence-corrected chi connectivity index (χ2v) is 26.4. The van der Waals surface area contributed by atoms with Crippen LogP contribution in [0, 0.1) is 5.92 Å². The first-order chi connectivity index (χ1) is 54.1. The zero-order chi connectivity index (χ0) is 77.9. The zero-order valence-corrected chi connectivity index (χ0v) is 61.1. The molecular weight excluding hydrogens is 1430 g/mol. The number of unbranched alkanes of at least 4 members (excludes halogenated alkanes) is 6. The van der Waals surface area contributed by atoms with Gasteiger partial charge in [0, 0.05) is 19.4 Å². The summed E-state index contributed by atoms with van der Waals surface area (Å²) in [4.78, 5) is 130. The van der Waals surface area contributed by atoms with Crippen LogP contribution < -0.4 is 0 Å². The average Bonchev–Trinajstić information content (AvgIpc) is 0.769. The summed E-state index contributed by atoms with van der Waals surface area (Å²) in [6.07, 6.45) is -16.5. The largest absolute Gasteiger partial charge is 0.459 e. The van der Waals surface area contributed by atoms with Crippen LogP contribution in [-0.2, 0) is 75.8 Å². The molecule has 0 spiro atoms. The molecule has 15 unspecified atom stereocenters. The lowest BCUT2D eigenvalue weighted by Gasteiger charge is -2.49. The van der Waals surface area contributed by atoms with Gasteiger partial charge in [-0.15, -0.1) is 6.58 Å². The maximum Gasteiger partial charge on any atom is 0.338 e. The van der Waals surface area contributed by atoms with E-state index in [4.69, 9.17) is 71.1 Å². The normalized spacial score (nSPS) is 23.4. The molecule has 24 heteroatoms. The van der Waals surface area contributed by atoms with Crippen molar-refractivity contribution in [2.75, 3.05) is 26.4 Å². The number of esters is 9. The van der Waals surface area contributed by atoms with Crippen LogP contribution in [0.1, 0.15) is 142 Å². The molecule has 0 saturated carbocycles. The number of ether oxygens (including phenoxy) is 15.